The predicted molar refractivity (Wildman–Crippen MR) is 57.3 cm³/mol. The zero-order chi connectivity index (χ0) is 11.1. The van der Waals surface area contributed by atoms with Crippen LogP contribution in [-0.4, -0.2) is 36.3 Å². The molecule has 3 N–H and O–H groups in total. The van der Waals surface area contributed by atoms with Crippen LogP contribution in [-0.2, 0) is 4.74 Å². The van der Waals surface area contributed by atoms with Crippen molar-refractivity contribution in [3.8, 4) is 0 Å². The third-order valence-corrected chi connectivity index (χ3v) is 1.88. The summed E-state index contributed by atoms with van der Waals surface area (Å²) in [6, 6.07) is -0.149. The molecule has 1 atom stereocenters. The maximum absolute atomic E-state index is 9.03. The molecular formula is C10H18N2O2. The minimum absolute atomic E-state index is 0.0210. The van der Waals surface area contributed by atoms with Crippen molar-refractivity contribution >= 4 is 0 Å². The third kappa shape index (κ3) is 4.00. The van der Waals surface area contributed by atoms with Gasteiger partial charge < -0.3 is 20.5 Å². The van der Waals surface area contributed by atoms with Crippen LogP contribution in [0.1, 0.15) is 0 Å². The summed E-state index contributed by atoms with van der Waals surface area (Å²) in [6.07, 6.45) is 1.62. The largest absolute Gasteiger partial charge is 0.490 e. The molecular weight excluding hydrogens is 180 g/mol. The molecule has 4 heteroatoms. The lowest BCUT2D eigenvalue weighted by Crippen LogP contribution is -2.34. The SMILES string of the molecule is C=CN(C)C(CO)COC(=C)C(=C)N. The highest BCUT2D eigenvalue weighted by Gasteiger charge is 2.11. The van der Waals surface area contributed by atoms with E-state index < -0.39 is 0 Å². The van der Waals surface area contributed by atoms with Crippen molar-refractivity contribution in [2.75, 3.05) is 20.3 Å². The Balaban J connectivity index is 4.01. The van der Waals surface area contributed by atoms with Gasteiger partial charge in [0.25, 0.3) is 0 Å². The van der Waals surface area contributed by atoms with E-state index in [2.05, 4.69) is 19.7 Å². The standard InChI is InChI=1S/C10H18N2O2/c1-5-12(4)10(6-13)7-14-9(3)8(2)11/h5,10,13H,1-3,6-7,11H2,4H3. The highest BCUT2D eigenvalue weighted by Crippen LogP contribution is 2.04. The van der Waals surface area contributed by atoms with Gasteiger partial charge in [-0.3, -0.25) is 0 Å². The Labute approximate surface area is 85.0 Å². The van der Waals surface area contributed by atoms with Gasteiger partial charge >= 0.3 is 0 Å². The Kier molecular flexibility index (Phi) is 5.48. The van der Waals surface area contributed by atoms with Crippen molar-refractivity contribution in [1.29, 1.82) is 0 Å². The van der Waals surface area contributed by atoms with Gasteiger partial charge in [-0.1, -0.05) is 19.7 Å². The number of hydrogen-bond acceptors (Lipinski definition) is 4. The zero-order valence-electron chi connectivity index (χ0n) is 8.57. The van der Waals surface area contributed by atoms with Crippen molar-refractivity contribution in [3.05, 3.63) is 37.4 Å². The van der Waals surface area contributed by atoms with Gasteiger partial charge in [0.05, 0.1) is 18.3 Å². The van der Waals surface area contributed by atoms with E-state index in [4.69, 9.17) is 15.6 Å². The Morgan fingerprint density at radius 1 is 1.64 bits per heavy atom. The Bertz CT molecular complexity index is 226. The fraction of sp³-hybridized carbons (Fsp3) is 0.400. The summed E-state index contributed by atoms with van der Waals surface area (Å²) in [7, 11) is 1.80. The molecule has 0 spiro atoms. The molecule has 0 saturated heterocycles. The van der Waals surface area contributed by atoms with Crippen LogP contribution in [0.15, 0.2) is 37.4 Å². The zero-order valence-corrected chi connectivity index (χ0v) is 8.57. The van der Waals surface area contributed by atoms with E-state index in [9.17, 15) is 0 Å². The van der Waals surface area contributed by atoms with Gasteiger partial charge in [-0.15, -0.1) is 0 Å². The molecule has 0 aliphatic carbocycles. The molecule has 0 fully saturated rings. The number of ether oxygens (including phenoxy) is 1. The molecule has 0 bridgehead atoms. The first-order valence-electron chi connectivity index (χ1n) is 4.24. The molecule has 0 saturated carbocycles. The average molecular weight is 198 g/mol. The minimum atomic E-state index is -0.149. The summed E-state index contributed by atoms with van der Waals surface area (Å²) in [5.74, 6) is 0.334. The van der Waals surface area contributed by atoms with Crippen LogP contribution >= 0.6 is 0 Å². The second-order valence-corrected chi connectivity index (χ2v) is 2.94. The number of hydrogen-bond donors (Lipinski definition) is 2. The van der Waals surface area contributed by atoms with Gasteiger partial charge in [-0.05, 0) is 6.20 Å². The first-order valence-corrected chi connectivity index (χ1v) is 4.24. The van der Waals surface area contributed by atoms with E-state index in [1.807, 2.05) is 0 Å². The normalized spacial score (nSPS) is 11.6. The molecule has 0 aromatic heterocycles. The number of aliphatic hydroxyl groups is 1. The second kappa shape index (κ2) is 6.10. The summed E-state index contributed by atoms with van der Waals surface area (Å²) in [4.78, 5) is 1.76. The summed E-state index contributed by atoms with van der Waals surface area (Å²) < 4.78 is 5.21. The third-order valence-electron chi connectivity index (χ3n) is 1.88. The van der Waals surface area contributed by atoms with Crippen LogP contribution < -0.4 is 5.73 Å². The monoisotopic (exact) mass is 198 g/mol. The van der Waals surface area contributed by atoms with Gasteiger partial charge in [0.15, 0.2) is 0 Å². The van der Waals surface area contributed by atoms with Crippen molar-refractivity contribution in [3.63, 3.8) is 0 Å². The lowest BCUT2D eigenvalue weighted by Gasteiger charge is -2.25. The van der Waals surface area contributed by atoms with Crippen molar-refractivity contribution < 1.29 is 9.84 Å². The van der Waals surface area contributed by atoms with E-state index in [1.54, 1.807) is 18.1 Å². The van der Waals surface area contributed by atoms with E-state index in [-0.39, 0.29) is 12.6 Å². The van der Waals surface area contributed by atoms with Crippen LogP contribution in [0.4, 0.5) is 0 Å². The maximum Gasteiger partial charge on any atom is 0.134 e. The van der Waals surface area contributed by atoms with Crippen molar-refractivity contribution in [2.24, 2.45) is 5.73 Å². The fourth-order valence-electron chi connectivity index (χ4n) is 0.738. The molecule has 0 aromatic carbocycles. The van der Waals surface area contributed by atoms with Crippen molar-refractivity contribution in [2.45, 2.75) is 6.04 Å². The summed E-state index contributed by atoms with van der Waals surface area (Å²) in [6.45, 7) is 10.9. The first kappa shape index (κ1) is 12.6. The van der Waals surface area contributed by atoms with Crippen LogP contribution in [0.25, 0.3) is 0 Å². The Hall–Kier alpha value is -1.42. The lowest BCUT2D eigenvalue weighted by atomic mass is 10.3. The van der Waals surface area contributed by atoms with E-state index >= 15 is 0 Å². The van der Waals surface area contributed by atoms with Crippen LogP contribution in [0.2, 0.25) is 0 Å². The number of likely N-dealkylation sites (N-methyl/N-ethyl adjacent to an activating group) is 1. The van der Waals surface area contributed by atoms with Gasteiger partial charge in [-0.25, -0.2) is 0 Å². The summed E-state index contributed by atoms with van der Waals surface area (Å²) in [5.41, 5.74) is 5.65. The predicted octanol–water partition coefficient (Wildman–Crippen LogP) is 0.425. The van der Waals surface area contributed by atoms with Crippen molar-refractivity contribution in [1.82, 2.24) is 4.90 Å². The van der Waals surface area contributed by atoms with E-state index in [0.717, 1.165) is 0 Å². The molecule has 1 unspecified atom stereocenters. The van der Waals surface area contributed by atoms with Gasteiger partial charge in [0.1, 0.15) is 12.4 Å². The average Bonchev–Trinajstić information content (AvgIpc) is 2.17. The van der Waals surface area contributed by atoms with Crippen LogP contribution in [0, 0.1) is 0 Å². The van der Waals surface area contributed by atoms with Gasteiger partial charge in [0.2, 0.25) is 0 Å². The quantitative estimate of drug-likeness (QED) is 0.460. The summed E-state index contributed by atoms with van der Waals surface area (Å²) in [5, 5.41) is 9.03. The molecule has 0 heterocycles. The molecule has 0 aliphatic heterocycles. The molecule has 80 valence electrons. The highest BCUT2D eigenvalue weighted by molar-refractivity contribution is 5.14. The van der Waals surface area contributed by atoms with Crippen LogP contribution in [0.5, 0.6) is 0 Å². The number of aliphatic hydroxyl groups excluding tert-OH is 1. The number of nitrogens with zero attached hydrogens (tertiary/aromatic N) is 1. The topological polar surface area (TPSA) is 58.7 Å². The van der Waals surface area contributed by atoms with Crippen LogP contribution in [0.3, 0.4) is 0 Å². The molecule has 4 nitrogen and oxygen atoms in total. The van der Waals surface area contributed by atoms with Gasteiger partial charge in [0, 0.05) is 7.05 Å². The van der Waals surface area contributed by atoms with Gasteiger partial charge in [-0.2, -0.15) is 0 Å². The van der Waals surface area contributed by atoms with E-state index in [0.29, 0.717) is 18.1 Å². The smallest absolute Gasteiger partial charge is 0.134 e. The maximum atomic E-state index is 9.03. The lowest BCUT2D eigenvalue weighted by molar-refractivity contribution is 0.0986. The Morgan fingerprint density at radius 2 is 2.21 bits per heavy atom. The first-order chi connectivity index (χ1) is 6.52. The molecule has 14 heavy (non-hydrogen) atoms. The fourth-order valence-corrected chi connectivity index (χ4v) is 0.738. The second-order valence-electron chi connectivity index (χ2n) is 2.94. The Morgan fingerprint density at radius 3 is 2.57 bits per heavy atom. The summed E-state index contributed by atoms with van der Waals surface area (Å²) >= 11 is 0. The molecule has 0 radical (unpaired) electrons. The minimum Gasteiger partial charge on any atom is -0.490 e. The molecule has 0 amide bonds. The number of rotatable bonds is 7. The molecule has 0 aliphatic rings. The molecule has 0 rings (SSSR count). The molecule has 0 aromatic rings. The highest BCUT2D eigenvalue weighted by atomic mass is 16.5. The number of nitrogens with two attached hydrogens (primary N) is 1. The van der Waals surface area contributed by atoms with E-state index in [1.165, 1.54) is 0 Å².